The van der Waals surface area contributed by atoms with Crippen molar-refractivity contribution in [2.45, 2.75) is 25.8 Å². The molecule has 114 valence electrons. The molecule has 0 spiro atoms. The lowest BCUT2D eigenvalue weighted by molar-refractivity contribution is -0.384. The van der Waals surface area contributed by atoms with Crippen molar-refractivity contribution in [1.82, 2.24) is 5.32 Å². The zero-order valence-electron chi connectivity index (χ0n) is 12.1. The Labute approximate surface area is 122 Å². The second-order valence-corrected chi connectivity index (χ2v) is 5.34. The van der Waals surface area contributed by atoms with Crippen molar-refractivity contribution in [2.24, 2.45) is 0 Å². The Kier molecular flexibility index (Phi) is 4.42. The van der Waals surface area contributed by atoms with Crippen molar-refractivity contribution in [3.05, 3.63) is 33.9 Å². The van der Waals surface area contributed by atoms with Crippen LogP contribution in [-0.4, -0.2) is 36.1 Å². The highest BCUT2D eigenvalue weighted by molar-refractivity contribution is 5.95. The highest BCUT2D eigenvalue weighted by atomic mass is 16.6. The molecule has 0 aliphatic carbocycles. The van der Waals surface area contributed by atoms with Crippen molar-refractivity contribution in [1.29, 1.82) is 0 Å². The van der Waals surface area contributed by atoms with E-state index in [2.05, 4.69) is 10.6 Å². The summed E-state index contributed by atoms with van der Waals surface area (Å²) in [7, 11) is 0. The average Bonchev–Trinajstić information content (AvgIpc) is 2.85. The van der Waals surface area contributed by atoms with Gasteiger partial charge in [0.15, 0.2) is 0 Å². The van der Waals surface area contributed by atoms with Crippen LogP contribution in [0.2, 0.25) is 0 Å². The first-order chi connectivity index (χ1) is 9.95. The van der Waals surface area contributed by atoms with E-state index in [-0.39, 0.29) is 17.1 Å². The molecule has 0 radical (unpaired) electrons. The summed E-state index contributed by atoms with van der Waals surface area (Å²) in [6.45, 7) is 5.37. The number of carbonyl (C=O) groups is 1. The Morgan fingerprint density at radius 2 is 2.29 bits per heavy atom. The summed E-state index contributed by atoms with van der Waals surface area (Å²) in [6, 6.07) is 4.33. The van der Waals surface area contributed by atoms with E-state index in [1.807, 2.05) is 13.8 Å². The monoisotopic (exact) mass is 293 g/mol. The van der Waals surface area contributed by atoms with Crippen LogP contribution in [0.1, 0.15) is 30.6 Å². The van der Waals surface area contributed by atoms with E-state index >= 15 is 0 Å². The summed E-state index contributed by atoms with van der Waals surface area (Å²) in [5.41, 5.74) is 0.338. The average molecular weight is 293 g/mol. The molecule has 7 heteroatoms. The lowest BCUT2D eigenvalue weighted by Crippen LogP contribution is -2.35. The third-order valence-electron chi connectivity index (χ3n) is 3.45. The molecule has 1 fully saturated rings. The summed E-state index contributed by atoms with van der Waals surface area (Å²) in [5, 5.41) is 17.0. The molecule has 1 atom stereocenters. The number of hydrogen-bond donors (Lipinski definition) is 2. The predicted octanol–water partition coefficient (Wildman–Crippen LogP) is 1.94. The maximum atomic E-state index is 11.9. The normalized spacial score (nSPS) is 21.0. The number of amides is 1. The molecule has 1 aliphatic heterocycles. The van der Waals surface area contributed by atoms with Gasteiger partial charge in [0.1, 0.15) is 5.69 Å². The number of nitro benzene ring substituents is 1. The van der Waals surface area contributed by atoms with Crippen LogP contribution >= 0.6 is 0 Å². The van der Waals surface area contributed by atoms with Gasteiger partial charge in [-0.25, -0.2) is 0 Å². The second-order valence-electron chi connectivity index (χ2n) is 5.34. The van der Waals surface area contributed by atoms with Crippen LogP contribution in [0.4, 0.5) is 11.4 Å². The summed E-state index contributed by atoms with van der Waals surface area (Å²) in [4.78, 5) is 22.5. The lowest BCUT2D eigenvalue weighted by Gasteiger charge is -2.25. The van der Waals surface area contributed by atoms with E-state index in [4.69, 9.17) is 4.74 Å². The largest absolute Gasteiger partial charge is 0.379 e. The molecule has 1 aliphatic rings. The van der Waals surface area contributed by atoms with E-state index in [1.165, 1.54) is 18.2 Å². The quantitative estimate of drug-likeness (QED) is 0.639. The standard InChI is InChI=1S/C14H19N3O4/c1-3-15-13(18)10-4-5-12(17(19)20)11(8-10)16-14(2)6-7-21-9-14/h4-5,8,16H,3,6-7,9H2,1-2H3,(H,15,18). The number of benzene rings is 1. The number of anilines is 1. The van der Waals surface area contributed by atoms with Gasteiger partial charge in [0, 0.05) is 24.8 Å². The van der Waals surface area contributed by atoms with Crippen LogP contribution in [-0.2, 0) is 4.74 Å². The number of hydrogen-bond acceptors (Lipinski definition) is 5. The van der Waals surface area contributed by atoms with Crippen molar-refractivity contribution < 1.29 is 14.5 Å². The van der Waals surface area contributed by atoms with Gasteiger partial charge >= 0.3 is 0 Å². The van der Waals surface area contributed by atoms with E-state index in [0.717, 1.165) is 6.42 Å². The summed E-state index contributed by atoms with van der Waals surface area (Å²) >= 11 is 0. The molecular formula is C14H19N3O4. The minimum Gasteiger partial charge on any atom is -0.379 e. The molecule has 7 nitrogen and oxygen atoms in total. The molecule has 0 saturated carbocycles. The predicted molar refractivity (Wildman–Crippen MR) is 78.6 cm³/mol. The highest BCUT2D eigenvalue weighted by Gasteiger charge is 2.31. The number of nitrogens with one attached hydrogen (secondary N) is 2. The van der Waals surface area contributed by atoms with Crippen LogP contribution in [0.3, 0.4) is 0 Å². The van der Waals surface area contributed by atoms with Gasteiger partial charge in [-0.05, 0) is 32.4 Å². The SMILES string of the molecule is CCNC(=O)c1ccc([N+](=O)[O-])c(NC2(C)CCOC2)c1. The van der Waals surface area contributed by atoms with Crippen LogP contribution in [0.5, 0.6) is 0 Å². The first-order valence-corrected chi connectivity index (χ1v) is 6.88. The molecule has 1 aromatic carbocycles. The van der Waals surface area contributed by atoms with Gasteiger partial charge in [-0.3, -0.25) is 14.9 Å². The van der Waals surface area contributed by atoms with Crippen LogP contribution in [0.25, 0.3) is 0 Å². The third-order valence-corrected chi connectivity index (χ3v) is 3.45. The van der Waals surface area contributed by atoms with E-state index in [9.17, 15) is 14.9 Å². The lowest BCUT2D eigenvalue weighted by atomic mass is 10.0. The number of nitro groups is 1. The Balaban J connectivity index is 2.32. The first kappa shape index (κ1) is 15.2. The van der Waals surface area contributed by atoms with Crippen LogP contribution in [0.15, 0.2) is 18.2 Å². The maximum Gasteiger partial charge on any atom is 0.292 e. The van der Waals surface area contributed by atoms with E-state index in [0.29, 0.717) is 31.0 Å². The molecule has 1 aromatic rings. The smallest absolute Gasteiger partial charge is 0.292 e. The fourth-order valence-electron chi connectivity index (χ4n) is 2.29. The Morgan fingerprint density at radius 3 is 2.86 bits per heavy atom. The number of ether oxygens (including phenoxy) is 1. The molecular weight excluding hydrogens is 274 g/mol. The van der Waals surface area contributed by atoms with Gasteiger partial charge in [-0.1, -0.05) is 0 Å². The van der Waals surface area contributed by atoms with Gasteiger partial charge in [-0.2, -0.15) is 0 Å². The van der Waals surface area contributed by atoms with Gasteiger partial charge in [0.2, 0.25) is 0 Å². The first-order valence-electron chi connectivity index (χ1n) is 6.88. The molecule has 2 rings (SSSR count). The van der Waals surface area contributed by atoms with Crippen molar-refractivity contribution in [2.75, 3.05) is 25.1 Å². The molecule has 1 heterocycles. The zero-order valence-corrected chi connectivity index (χ0v) is 12.1. The fourth-order valence-corrected chi connectivity index (χ4v) is 2.29. The molecule has 1 unspecified atom stereocenters. The number of carbonyl (C=O) groups excluding carboxylic acids is 1. The fraction of sp³-hybridized carbons (Fsp3) is 0.500. The minimum absolute atomic E-state index is 0.0452. The van der Waals surface area contributed by atoms with Gasteiger partial charge in [0.05, 0.1) is 17.1 Å². The van der Waals surface area contributed by atoms with E-state index < -0.39 is 4.92 Å². The highest BCUT2D eigenvalue weighted by Crippen LogP contribution is 2.31. The van der Waals surface area contributed by atoms with Gasteiger partial charge in [0.25, 0.3) is 11.6 Å². The molecule has 0 bridgehead atoms. The molecule has 1 amide bonds. The van der Waals surface area contributed by atoms with Gasteiger partial charge < -0.3 is 15.4 Å². The Hall–Kier alpha value is -2.15. The van der Waals surface area contributed by atoms with Crippen LogP contribution in [0, 0.1) is 10.1 Å². The maximum absolute atomic E-state index is 11.9. The summed E-state index contributed by atoms with van der Waals surface area (Å²) in [6.07, 6.45) is 0.759. The summed E-state index contributed by atoms with van der Waals surface area (Å²) < 4.78 is 5.34. The molecule has 1 saturated heterocycles. The van der Waals surface area contributed by atoms with Crippen molar-refractivity contribution in [3.8, 4) is 0 Å². The van der Waals surface area contributed by atoms with Crippen molar-refractivity contribution >= 4 is 17.3 Å². The van der Waals surface area contributed by atoms with E-state index in [1.54, 1.807) is 0 Å². The second kappa shape index (κ2) is 6.09. The number of nitrogens with zero attached hydrogens (tertiary/aromatic N) is 1. The molecule has 2 N–H and O–H groups in total. The third kappa shape index (κ3) is 3.49. The molecule has 21 heavy (non-hydrogen) atoms. The van der Waals surface area contributed by atoms with Crippen molar-refractivity contribution in [3.63, 3.8) is 0 Å². The topological polar surface area (TPSA) is 93.5 Å². The Bertz CT molecular complexity index is 553. The zero-order chi connectivity index (χ0) is 15.5. The Morgan fingerprint density at radius 1 is 1.52 bits per heavy atom. The number of rotatable bonds is 5. The summed E-state index contributed by atoms with van der Waals surface area (Å²) in [5.74, 6) is -0.247. The minimum atomic E-state index is -0.455. The van der Waals surface area contributed by atoms with Crippen LogP contribution < -0.4 is 10.6 Å². The van der Waals surface area contributed by atoms with Gasteiger partial charge in [-0.15, -0.1) is 0 Å². The molecule has 0 aromatic heterocycles.